The Balaban J connectivity index is 2.02. The monoisotopic (exact) mass is 356 g/mol. The molecule has 20 heavy (non-hydrogen) atoms. The van der Waals surface area contributed by atoms with Crippen molar-refractivity contribution in [2.75, 3.05) is 13.7 Å². The lowest BCUT2D eigenvalue weighted by atomic mass is 10.2. The van der Waals surface area contributed by atoms with E-state index >= 15 is 0 Å². The smallest absolute Gasteiger partial charge is 0.175 e. The van der Waals surface area contributed by atoms with Gasteiger partial charge in [0.05, 0.1) is 23.1 Å². The van der Waals surface area contributed by atoms with Crippen molar-refractivity contribution in [2.45, 2.75) is 20.0 Å². The van der Waals surface area contributed by atoms with Gasteiger partial charge in [-0.25, -0.2) is 0 Å². The highest BCUT2D eigenvalue weighted by Crippen LogP contribution is 2.36. The number of hydrogen-bond donors (Lipinski definition) is 1. The summed E-state index contributed by atoms with van der Waals surface area (Å²) in [4.78, 5) is 1.39. The topological polar surface area (TPSA) is 35.1 Å². The lowest BCUT2D eigenvalue weighted by molar-refractivity contribution is -0.685. The molecule has 0 atom stereocenters. The number of thiophene rings is 1. The second-order valence-electron chi connectivity index (χ2n) is 4.32. The Kier molecular flexibility index (Phi) is 5.88. The molecule has 1 aromatic carbocycles. The Labute approximate surface area is 132 Å². The number of halogens is 1. The van der Waals surface area contributed by atoms with Crippen molar-refractivity contribution in [3.05, 3.63) is 44.6 Å². The van der Waals surface area contributed by atoms with Crippen LogP contribution in [0.2, 0.25) is 0 Å². The Morgan fingerprint density at radius 2 is 2.15 bits per heavy atom. The third kappa shape index (κ3) is 3.98. The Morgan fingerprint density at radius 3 is 2.80 bits per heavy atom. The highest BCUT2D eigenvalue weighted by molar-refractivity contribution is 9.10. The number of benzene rings is 1. The molecule has 0 saturated heterocycles. The fourth-order valence-corrected chi connectivity index (χ4v) is 3.29. The van der Waals surface area contributed by atoms with Crippen molar-refractivity contribution in [3.63, 3.8) is 0 Å². The van der Waals surface area contributed by atoms with E-state index in [9.17, 15) is 0 Å². The van der Waals surface area contributed by atoms with E-state index in [0.717, 1.165) is 29.1 Å². The number of nitrogens with two attached hydrogens (primary N) is 1. The molecule has 0 bridgehead atoms. The van der Waals surface area contributed by atoms with Crippen LogP contribution in [0.15, 0.2) is 34.1 Å². The molecule has 2 aromatic rings. The van der Waals surface area contributed by atoms with Gasteiger partial charge in [0, 0.05) is 5.56 Å². The summed E-state index contributed by atoms with van der Waals surface area (Å²) in [6.07, 6.45) is 0. The van der Waals surface area contributed by atoms with Crippen LogP contribution >= 0.6 is 27.3 Å². The number of methoxy groups -OCH3 is 1. The lowest BCUT2D eigenvalue weighted by Crippen LogP contribution is -2.80. The van der Waals surface area contributed by atoms with Gasteiger partial charge in [-0.1, -0.05) is 6.07 Å². The van der Waals surface area contributed by atoms with Crippen LogP contribution in [0.3, 0.4) is 0 Å². The highest BCUT2D eigenvalue weighted by Gasteiger charge is 2.12. The zero-order chi connectivity index (χ0) is 14.4. The first-order chi connectivity index (χ1) is 9.74. The minimum absolute atomic E-state index is 0.624. The van der Waals surface area contributed by atoms with Crippen molar-refractivity contribution in [2.24, 2.45) is 0 Å². The number of hydrogen-bond acceptors (Lipinski definition) is 3. The Bertz CT molecular complexity index is 543. The van der Waals surface area contributed by atoms with Gasteiger partial charge in [0.25, 0.3) is 0 Å². The largest absolute Gasteiger partial charge is 0.493 e. The third-order valence-corrected chi connectivity index (χ3v) is 4.37. The fraction of sp³-hybridized carbons (Fsp3) is 0.333. The van der Waals surface area contributed by atoms with E-state index in [1.54, 1.807) is 18.4 Å². The maximum absolute atomic E-state index is 5.60. The highest BCUT2D eigenvalue weighted by atomic mass is 79.9. The van der Waals surface area contributed by atoms with E-state index in [1.165, 1.54) is 10.4 Å². The first-order valence-electron chi connectivity index (χ1n) is 6.57. The zero-order valence-electron chi connectivity index (χ0n) is 11.7. The molecule has 0 radical (unpaired) electrons. The Morgan fingerprint density at radius 1 is 1.30 bits per heavy atom. The van der Waals surface area contributed by atoms with E-state index in [1.807, 2.05) is 13.0 Å². The van der Waals surface area contributed by atoms with Gasteiger partial charge in [-0.05, 0) is 46.4 Å². The lowest BCUT2D eigenvalue weighted by Gasteiger charge is -2.12. The second kappa shape index (κ2) is 7.67. The van der Waals surface area contributed by atoms with Crippen LogP contribution < -0.4 is 14.8 Å². The van der Waals surface area contributed by atoms with E-state index in [-0.39, 0.29) is 0 Å². The van der Waals surface area contributed by atoms with Crippen LogP contribution in [0.5, 0.6) is 11.5 Å². The van der Waals surface area contributed by atoms with Crippen LogP contribution in [0.25, 0.3) is 0 Å². The molecule has 3 nitrogen and oxygen atoms in total. The predicted octanol–water partition coefficient (Wildman–Crippen LogP) is 3.18. The number of rotatable bonds is 7. The molecule has 2 rings (SSSR count). The SMILES string of the molecule is CCOc1c(Br)cc(C[NH2+]Cc2cccs2)cc1OC. The van der Waals surface area contributed by atoms with Crippen molar-refractivity contribution >= 4 is 27.3 Å². The molecule has 0 aliphatic rings. The van der Waals surface area contributed by atoms with E-state index < -0.39 is 0 Å². The van der Waals surface area contributed by atoms with E-state index in [2.05, 4.69) is 44.8 Å². The van der Waals surface area contributed by atoms with Crippen LogP contribution in [-0.4, -0.2) is 13.7 Å². The molecule has 0 saturated carbocycles. The minimum atomic E-state index is 0.624. The van der Waals surface area contributed by atoms with Gasteiger partial charge in [0.2, 0.25) is 0 Å². The summed E-state index contributed by atoms with van der Waals surface area (Å²) in [5.74, 6) is 1.55. The number of quaternary nitrogens is 1. The van der Waals surface area contributed by atoms with Crippen molar-refractivity contribution in [3.8, 4) is 11.5 Å². The van der Waals surface area contributed by atoms with Crippen LogP contribution in [0.4, 0.5) is 0 Å². The average molecular weight is 357 g/mol. The van der Waals surface area contributed by atoms with Crippen molar-refractivity contribution in [1.29, 1.82) is 0 Å². The maximum Gasteiger partial charge on any atom is 0.175 e. The van der Waals surface area contributed by atoms with Gasteiger partial charge in [-0.15, -0.1) is 11.3 Å². The summed E-state index contributed by atoms with van der Waals surface area (Å²) in [6.45, 7) is 4.51. The van der Waals surface area contributed by atoms with Crippen molar-refractivity contribution in [1.82, 2.24) is 0 Å². The van der Waals surface area contributed by atoms with Gasteiger partial charge < -0.3 is 14.8 Å². The first-order valence-corrected chi connectivity index (χ1v) is 8.25. The summed E-state index contributed by atoms with van der Waals surface area (Å²) in [7, 11) is 1.67. The molecule has 1 aromatic heterocycles. The molecule has 0 aliphatic heterocycles. The molecule has 0 amide bonds. The van der Waals surface area contributed by atoms with E-state index in [4.69, 9.17) is 9.47 Å². The molecule has 0 aliphatic carbocycles. The fourth-order valence-electron chi connectivity index (χ4n) is 1.99. The molecule has 0 fully saturated rings. The van der Waals surface area contributed by atoms with Gasteiger partial charge in [-0.3, -0.25) is 0 Å². The normalized spacial score (nSPS) is 10.6. The van der Waals surface area contributed by atoms with Crippen LogP contribution in [-0.2, 0) is 13.1 Å². The summed E-state index contributed by atoms with van der Waals surface area (Å²) < 4.78 is 11.9. The molecule has 1 heterocycles. The van der Waals surface area contributed by atoms with Gasteiger partial charge in [0.1, 0.15) is 13.1 Å². The zero-order valence-corrected chi connectivity index (χ0v) is 14.1. The van der Waals surface area contributed by atoms with Crippen molar-refractivity contribution < 1.29 is 14.8 Å². The maximum atomic E-state index is 5.60. The average Bonchev–Trinajstić information content (AvgIpc) is 2.94. The molecule has 2 N–H and O–H groups in total. The quantitative estimate of drug-likeness (QED) is 0.826. The standard InChI is InChI=1S/C15H18BrNO2S/c1-3-19-15-13(16)7-11(8-14(15)18-2)9-17-10-12-5-4-6-20-12/h4-8,17H,3,9-10H2,1-2H3/p+1. The van der Waals surface area contributed by atoms with E-state index in [0.29, 0.717) is 6.61 Å². The van der Waals surface area contributed by atoms with Crippen LogP contribution in [0.1, 0.15) is 17.4 Å². The third-order valence-electron chi connectivity index (χ3n) is 2.88. The Hall–Kier alpha value is -1.04. The molecule has 108 valence electrons. The summed E-state index contributed by atoms with van der Waals surface area (Å²) in [5, 5.41) is 4.40. The molecular weight excluding hydrogens is 338 g/mol. The summed E-state index contributed by atoms with van der Waals surface area (Å²) >= 11 is 5.35. The van der Waals surface area contributed by atoms with Crippen LogP contribution in [0, 0.1) is 0 Å². The van der Waals surface area contributed by atoms with Gasteiger partial charge in [-0.2, -0.15) is 0 Å². The summed E-state index contributed by atoms with van der Waals surface area (Å²) in [6, 6.07) is 8.39. The summed E-state index contributed by atoms with van der Waals surface area (Å²) in [5.41, 5.74) is 1.22. The molecular formula is C15H19BrNO2S+. The molecule has 0 spiro atoms. The first kappa shape index (κ1) is 15.4. The van der Waals surface area contributed by atoms with Gasteiger partial charge >= 0.3 is 0 Å². The van der Waals surface area contributed by atoms with Gasteiger partial charge in [0.15, 0.2) is 11.5 Å². The minimum Gasteiger partial charge on any atom is -0.493 e. The molecule has 0 unspecified atom stereocenters. The molecule has 5 heteroatoms. The predicted molar refractivity (Wildman–Crippen MR) is 85.5 cm³/mol. The second-order valence-corrected chi connectivity index (χ2v) is 6.20. The number of ether oxygens (including phenoxy) is 2.